The Morgan fingerprint density at radius 3 is 2.96 bits per heavy atom. The first-order chi connectivity index (χ1) is 11.2. The topological polar surface area (TPSA) is 50.8 Å². The van der Waals surface area contributed by atoms with Gasteiger partial charge in [-0.25, -0.2) is 0 Å². The molecule has 1 amide bonds. The first kappa shape index (κ1) is 18.9. The highest BCUT2D eigenvalue weighted by molar-refractivity contribution is 5.85. The standard InChI is InChI=1S/C18H26N2O3.ClH/c1-3-8-20(15-6-7-19-11-15)18(21)14-9-13-10-16(22-2)4-5-17(13)23-12-14;/h4-5,10,14-15,19H,3,6-9,11-12H2,1-2H3;1H. The molecule has 5 nitrogen and oxygen atoms in total. The van der Waals surface area contributed by atoms with Crippen molar-refractivity contribution in [2.24, 2.45) is 5.92 Å². The minimum absolute atomic E-state index is 0. The lowest BCUT2D eigenvalue weighted by Crippen LogP contribution is -2.47. The summed E-state index contributed by atoms with van der Waals surface area (Å²) in [6, 6.07) is 6.14. The van der Waals surface area contributed by atoms with Crippen molar-refractivity contribution in [3.63, 3.8) is 0 Å². The molecule has 0 aromatic heterocycles. The minimum atomic E-state index is -0.0956. The van der Waals surface area contributed by atoms with Gasteiger partial charge in [0.1, 0.15) is 18.1 Å². The van der Waals surface area contributed by atoms with Crippen LogP contribution >= 0.6 is 12.4 Å². The highest BCUT2D eigenvalue weighted by Gasteiger charge is 2.33. The molecule has 2 unspecified atom stereocenters. The Labute approximate surface area is 150 Å². The summed E-state index contributed by atoms with van der Waals surface area (Å²) in [5.41, 5.74) is 1.06. The van der Waals surface area contributed by atoms with E-state index in [1.54, 1.807) is 7.11 Å². The number of rotatable bonds is 5. The van der Waals surface area contributed by atoms with Gasteiger partial charge in [0.05, 0.1) is 13.0 Å². The monoisotopic (exact) mass is 354 g/mol. The number of nitrogens with one attached hydrogen (secondary N) is 1. The zero-order valence-electron chi connectivity index (χ0n) is 14.4. The number of ether oxygens (including phenoxy) is 2. The average molecular weight is 355 g/mol. The third kappa shape index (κ3) is 3.95. The van der Waals surface area contributed by atoms with Gasteiger partial charge in [0.2, 0.25) is 5.91 Å². The summed E-state index contributed by atoms with van der Waals surface area (Å²) >= 11 is 0. The molecule has 0 aliphatic carbocycles. The van der Waals surface area contributed by atoms with Crippen LogP contribution in [0.5, 0.6) is 11.5 Å². The predicted molar refractivity (Wildman–Crippen MR) is 96.2 cm³/mol. The molecule has 0 spiro atoms. The number of benzene rings is 1. The van der Waals surface area contributed by atoms with Gasteiger partial charge >= 0.3 is 0 Å². The zero-order chi connectivity index (χ0) is 16.2. The van der Waals surface area contributed by atoms with E-state index in [0.717, 1.165) is 56.0 Å². The second-order valence-electron chi connectivity index (χ2n) is 6.36. The van der Waals surface area contributed by atoms with Crippen LogP contribution in [0.4, 0.5) is 0 Å². The molecule has 2 aliphatic heterocycles. The van der Waals surface area contributed by atoms with Crippen LogP contribution < -0.4 is 14.8 Å². The molecule has 6 heteroatoms. The molecule has 1 N–H and O–H groups in total. The smallest absolute Gasteiger partial charge is 0.229 e. The van der Waals surface area contributed by atoms with E-state index in [1.165, 1.54) is 0 Å². The third-order valence-corrected chi connectivity index (χ3v) is 4.75. The Kier molecular flexibility index (Phi) is 6.75. The predicted octanol–water partition coefficient (Wildman–Crippen LogP) is 2.27. The molecule has 0 bridgehead atoms. The van der Waals surface area contributed by atoms with Gasteiger partial charge in [-0.15, -0.1) is 12.4 Å². The molecule has 1 aromatic carbocycles. The summed E-state index contributed by atoms with van der Waals surface area (Å²) < 4.78 is 11.1. The number of methoxy groups -OCH3 is 1. The van der Waals surface area contributed by atoms with Crippen LogP contribution in [-0.2, 0) is 11.2 Å². The molecule has 1 saturated heterocycles. The van der Waals surface area contributed by atoms with Gasteiger partial charge in [-0.3, -0.25) is 4.79 Å². The maximum Gasteiger partial charge on any atom is 0.229 e. The molecule has 2 atom stereocenters. The summed E-state index contributed by atoms with van der Waals surface area (Å²) in [5, 5.41) is 3.36. The van der Waals surface area contributed by atoms with Crippen LogP contribution in [0.25, 0.3) is 0 Å². The Bertz CT molecular complexity index is 561. The van der Waals surface area contributed by atoms with Crippen molar-refractivity contribution >= 4 is 18.3 Å². The second kappa shape index (κ2) is 8.58. The van der Waals surface area contributed by atoms with Crippen LogP contribution in [0, 0.1) is 5.92 Å². The summed E-state index contributed by atoms with van der Waals surface area (Å²) in [5.74, 6) is 1.82. The second-order valence-corrected chi connectivity index (χ2v) is 6.36. The van der Waals surface area contributed by atoms with Gasteiger partial charge in [0, 0.05) is 19.1 Å². The first-order valence-corrected chi connectivity index (χ1v) is 8.53. The molecular weight excluding hydrogens is 328 g/mol. The molecule has 2 aliphatic rings. The van der Waals surface area contributed by atoms with Gasteiger partial charge in [0.25, 0.3) is 0 Å². The molecule has 0 radical (unpaired) electrons. The number of carbonyl (C=O) groups is 1. The number of hydrogen-bond acceptors (Lipinski definition) is 4. The van der Waals surface area contributed by atoms with Gasteiger partial charge < -0.3 is 19.7 Å². The lowest BCUT2D eigenvalue weighted by Gasteiger charge is -2.33. The largest absolute Gasteiger partial charge is 0.497 e. The number of fused-ring (bicyclic) bond motifs is 1. The summed E-state index contributed by atoms with van der Waals surface area (Å²) in [6.45, 7) is 5.33. The zero-order valence-corrected chi connectivity index (χ0v) is 15.2. The Balaban J connectivity index is 0.00000208. The fourth-order valence-electron chi connectivity index (χ4n) is 3.51. The Hall–Kier alpha value is -1.46. The van der Waals surface area contributed by atoms with Crippen molar-refractivity contribution in [1.29, 1.82) is 0 Å². The van der Waals surface area contributed by atoms with E-state index in [1.807, 2.05) is 18.2 Å². The van der Waals surface area contributed by atoms with E-state index in [0.29, 0.717) is 12.6 Å². The van der Waals surface area contributed by atoms with Crippen LogP contribution in [0.2, 0.25) is 0 Å². The van der Waals surface area contributed by atoms with Crippen molar-refractivity contribution in [3.8, 4) is 11.5 Å². The molecule has 1 fully saturated rings. The highest BCUT2D eigenvalue weighted by atomic mass is 35.5. The van der Waals surface area contributed by atoms with E-state index in [9.17, 15) is 4.79 Å². The number of amides is 1. The molecule has 24 heavy (non-hydrogen) atoms. The van der Waals surface area contributed by atoms with E-state index in [4.69, 9.17) is 9.47 Å². The summed E-state index contributed by atoms with van der Waals surface area (Å²) in [7, 11) is 1.66. The Morgan fingerprint density at radius 1 is 1.46 bits per heavy atom. The van der Waals surface area contributed by atoms with Gasteiger partial charge in [-0.05, 0) is 49.6 Å². The molecular formula is C18H27ClN2O3. The summed E-state index contributed by atoms with van der Waals surface area (Å²) in [6.07, 6.45) is 2.76. The van der Waals surface area contributed by atoms with Crippen LogP contribution in [0.3, 0.4) is 0 Å². The van der Waals surface area contributed by atoms with Crippen LogP contribution in [0.15, 0.2) is 18.2 Å². The van der Waals surface area contributed by atoms with Gasteiger partial charge in [-0.2, -0.15) is 0 Å². The fraction of sp³-hybridized carbons (Fsp3) is 0.611. The number of hydrogen-bond donors (Lipinski definition) is 1. The average Bonchev–Trinajstić information content (AvgIpc) is 3.12. The molecule has 2 heterocycles. The number of halogens is 1. The van der Waals surface area contributed by atoms with Crippen LogP contribution in [-0.4, -0.2) is 50.2 Å². The molecule has 134 valence electrons. The van der Waals surface area contributed by atoms with E-state index in [2.05, 4.69) is 17.1 Å². The maximum absolute atomic E-state index is 13.0. The normalized spacial score (nSPS) is 22.1. The van der Waals surface area contributed by atoms with Crippen molar-refractivity contribution < 1.29 is 14.3 Å². The molecule has 0 saturated carbocycles. The van der Waals surface area contributed by atoms with Crippen molar-refractivity contribution in [2.75, 3.05) is 33.4 Å². The minimum Gasteiger partial charge on any atom is -0.497 e. The lowest BCUT2D eigenvalue weighted by molar-refractivity contribution is -0.139. The lowest BCUT2D eigenvalue weighted by atomic mass is 9.94. The molecule has 1 aromatic rings. The Morgan fingerprint density at radius 2 is 2.29 bits per heavy atom. The van der Waals surface area contributed by atoms with Crippen molar-refractivity contribution in [1.82, 2.24) is 10.2 Å². The van der Waals surface area contributed by atoms with Gasteiger partial charge in [0.15, 0.2) is 0 Å². The third-order valence-electron chi connectivity index (χ3n) is 4.75. The first-order valence-electron chi connectivity index (χ1n) is 8.53. The number of nitrogens with zero attached hydrogens (tertiary/aromatic N) is 1. The van der Waals surface area contributed by atoms with E-state index < -0.39 is 0 Å². The van der Waals surface area contributed by atoms with E-state index >= 15 is 0 Å². The number of carbonyl (C=O) groups excluding carboxylic acids is 1. The summed E-state index contributed by atoms with van der Waals surface area (Å²) in [4.78, 5) is 15.1. The van der Waals surface area contributed by atoms with Crippen molar-refractivity contribution in [2.45, 2.75) is 32.2 Å². The van der Waals surface area contributed by atoms with Crippen molar-refractivity contribution in [3.05, 3.63) is 23.8 Å². The van der Waals surface area contributed by atoms with Crippen LogP contribution in [0.1, 0.15) is 25.3 Å². The maximum atomic E-state index is 13.0. The molecule has 3 rings (SSSR count). The highest BCUT2D eigenvalue weighted by Crippen LogP contribution is 2.31. The SMILES string of the molecule is CCCN(C(=O)C1COc2ccc(OC)cc2C1)C1CCNC1.Cl. The van der Waals surface area contributed by atoms with Gasteiger partial charge in [-0.1, -0.05) is 6.92 Å². The van der Waals surface area contributed by atoms with E-state index in [-0.39, 0.29) is 24.2 Å². The fourth-order valence-corrected chi connectivity index (χ4v) is 3.51. The quantitative estimate of drug-likeness (QED) is 0.881.